The molecular formula is C13H14ClN3O2S2. The Morgan fingerprint density at radius 3 is 2.76 bits per heavy atom. The van der Waals surface area contributed by atoms with Gasteiger partial charge < -0.3 is 15.8 Å². The summed E-state index contributed by atoms with van der Waals surface area (Å²) in [4.78, 5) is 12.5. The number of anilines is 1. The number of ether oxygens (including phenoxy) is 1. The third kappa shape index (κ3) is 3.62. The summed E-state index contributed by atoms with van der Waals surface area (Å²) < 4.78 is 7.05. The van der Waals surface area contributed by atoms with E-state index in [4.69, 9.17) is 34.3 Å². The summed E-state index contributed by atoms with van der Waals surface area (Å²) in [5.74, 6) is 0.0654. The second-order valence-corrected chi connectivity index (χ2v) is 6.22. The van der Waals surface area contributed by atoms with E-state index in [9.17, 15) is 4.79 Å². The fourth-order valence-electron chi connectivity index (χ4n) is 1.73. The molecule has 0 unspecified atom stereocenters. The highest BCUT2D eigenvalue weighted by Gasteiger charge is 2.17. The molecule has 0 spiro atoms. The molecule has 8 heteroatoms. The van der Waals surface area contributed by atoms with Crippen LogP contribution in [0.3, 0.4) is 0 Å². The Bertz CT molecular complexity index is 694. The molecule has 112 valence electrons. The molecule has 0 fully saturated rings. The zero-order chi connectivity index (χ0) is 15.4. The lowest BCUT2D eigenvalue weighted by molar-refractivity contribution is 0.0941. The summed E-state index contributed by atoms with van der Waals surface area (Å²) in [6, 6.07) is 7.09. The molecule has 1 amide bonds. The molecular weight excluding hydrogens is 330 g/mol. The molecule has 0 saturated heterocycles. The average Bonchev–Trinajstić information content (AvgIpc) is 2.76. The van der Waals surface area contributed by atoms with E-state index < -0.39 is 0 Å². The topological polar surface area (TPSA) is 69.3 Å². The quantitative estimate of drug-likeness (QED) is 0.647. The van der Waals surface area contributed by atoms with Crippen LogP contribution in [0.5, 0.6) is 0 Å². The number of nitrogen functional groups attached to an aromatic ring is 1. The predicted molar refractivity (Wildman–Crippen MR) is 88.1 cm³/mol. The van der Waals surface area contributed by atoms with Gasteiger partial charge in [0.1, 0.15) is 10.7 Å². The van der Waals surface area contributed by atoms with Crippen LogP contribution in [-0.2, 0) is 4.74 Å². The number of nitrogens with one attached hydrogen (secondary N) is 1. The molecule has 0 aliphatic carbocycles. The van der Waals surface area contributed by atoms with Crippen molar-refractivity contribution >= 4 is 46.9 Å². The number of halogens is 1. The molecule has 1 aromatic carbocycles. The first kappa shape index (κ1) is 16.0. The number of nitrogens with two attached hydrogens (primary N) is 1. The summed E-state index contributed by atoms with van der Waals surface area (Å²) in [6.07, 6.45) is 0. The Morgan fingerprint density at radius 1 is 1.48 bits per heavy atom. The largest absolute Gasteiger partial charge is 0.383 e. The second kappa shape index (κ2) is 7.04. The van der Waals surface area contributed by atoms with Crippen molar-refractivity contribution in [2.75, 3.05) is 26.0 Å². The molecule has 0 saturated carbocycles. The molecule has 1 aromatic heterocycles. The highest BCUT2D eigenvalue weighted by molar-refractivity contribution is 7.73. The van der Waals surface area contributed by atoms with Crippen LogP contribution in [-0.4, -0.2) is 30.7 Å². The molecule has 2 aromatic rings. The predicted octanol–water partition coefficient (Wildman–Crippen LogP) is 2.88. The van der Waals surface area contributed by atoms with E-state index in [2.05, 4.69) is 5.32 Å². The van der Waals surface area contributed by atoms with Crippen LogP contribution >= 0.6 is 35.2 Å². The van der Waals surface area contributed by atoms with E-state index in [0.717, 1.165) is 5.69 Å². The van der Waals surface area contributed by atoms with E-state index in [1.54, 1.807) is 35.9 Å². The molecule has 21 heavy (non-hydrogen) atoms. The number of amides is 1. The van der Waals surface area contributed by atoms with E-state index in [-0.39, 0.29) is 5.91 Å². The molecule has 0 radical (unpaired) electrons. The van der Waals surface area contributed by atoms with Crippen molar-refractivity contribution in [3.63, 3.8) is 0 Å². The first-order valence-electron chi connectivity index (χ1n) is 6.09. The number of thiazole rings is 1. The first-order valence-corrected chi connectivity index (χ1v) is 7.69. The lowest BCUT2D eigenvalue weighted by Gasteiger charge is -2.07. The maximum Gasteiger partial charge on any atom is 0.265 e. The van der Waals surface area contributed by atoms with Gasteiger partial charge in [-0.3, -0.25) is 9.36 Å². The van der Waals surface area contributed by atoms with Gasteiger partial charge >= 0.3 is 0 Å². The van der Waals surface area contributed by atoms with Gasteiger partial charge in [0, 0.05) is 24.4 Å². The minimum Gasteiger partial charge on any atom is -0.383 e. The maximum absolute atomic E-state index is 12.1. The third-order valence-corrected chi connectivity index (χ3v) is 4.37. The molecule has 3 N–H and O–H groups in total. The van der Waals surface area contributed by atoms with Crippen molar-refractivity contribution in [1.29, 1.82) is 0 Å². The number of carbonyl (C=O) groups excluding carboxylic acids is 1. The molecule has 0 bridgehead atoms. The Labute approximate surface area is 136 Å². The Morgan fingerprint density at radius 2 is 2.14 bits per heavy atom. The van der Waals surface area contributed by atoms with Crippen LogP contribution in [0.2, 0.25) is 5.02 Å². The third-order valence-electron chi connectivity index (χ3n) is 2.73. The van der Waals surface area contributed by atoms with Crippen LogP contribution in [0, 0.1) is 3.95 Å². The van der Waals surface area contributed by atoms with Gasteiger partial charge in [-0.15, -0.1) is 0 Å². The lowest BCUT2D eigenvalue weighted by Crippen LogP contribution is -2.27. The van der Waals surface area contributed by atoms with E-state index in [1.807, 2.05) is 0 Å². The van der Waals surface area contributed by atoms with Gasteiger partial charge in [-0.1, -0.05) is 22.9 Å². The van der Waals surface area contributed by atoms with E-state index in [0.29, 0.717) is 32.8 Å². The van der Waals surface area contributed by atoms with Gasteiger partial charge in [-0.25, -0.2) is 0 Å². The molecule has 0 aliphatic heterocycles. The molecule has 5 nitrogen and oxygen atoms in total. The first-order chi connectivity index (χ1) is 10.0. The fraction of sp³-hybridized carbons (Fsp3) is 0.231. The number of rotatable bonds is 5. The van der Waals surface area contributed by atoms with Crippen LogP contribution in [0.25, 0.3) is 5.69 Å². The normalized spacial score (nSPS) is 10.6. The Kier molecular flexibility index (Phi) is 5.35. The minimum atomic E-state index is -0.256. The van der Waals surface area contributed by atoms with Crippen LogP contribution < -0.4 is 11.1 Å². The second-order valence-electron chi connectivity index (χ2n) is 4.14. The van der Waals surface area contributed by atoms with Crippen molar-refractivity contribution in [3.8, 4) is 5.69 Å². The van der Waals surface area contributed by atoms with Gasteiger partial charge in [0.05, 0.1) is 6.61 Å². The van der Waals surface area contributed by atoms with Gasteiger partial charge in [-0.05, 0) is 36.5 Å². The van der Waals surface area contributed by atoms with Crippen LogP contribution in [0.4, 0.5) is 5.82 Å². The summed E-state index contributed by atoms with van der Waals surface area (Å²) in [6.45, 7) is 0.856. The van der Waals surface area contributed by atoms with Gasteiger partial charge in [0.15, 0.2) is 3.95 Å². The van der Waals surface area contributed by atoms with Crippen LogP contribution in [0.15, 0.2) is 24.3 Å². The summed E-state index contributed by atoms with van der Waals surface area (Å²) in [7, 11) is 1.57. The maximum atomic E-state index is 12.1. The number of nitrogens with zero attached hydrogens (tertiary/aromatic N) is 1. The highest BCUT2D eigenvalue weighted by atomic mass is 35.5. The van der Waals surface area contributed by atoms with Crippen molar-refractivity contribution in [2.45, 2.75) is 0 Å². The summed E-state index contributed by atoms with van der Waals surface area (Å²) in [5.41, 5.74) is 6.83. The lowest BCUT2D eigenvalue weighted by atomic mass is 10.3. The summed E-state index contributed by atoms with van der Waals surface area (Å²) in [5, 5.41) is 3.35. The Hall–Kier alpha value is -1.41. The number of hydrogen-bond acceptors (Lipinski definition) is 5. The smallest absolute Gasteiger partial charge is 0.265 e. The van der Waals surface area contributed by atoms with Crippen molar-refractivity contribution in [1.82, 2.24) is 9.88 Å². The average molecular weight is 344 g/mol. The van der Waals surface area contributed by atoms with E-state index in [1.165, 1.54) is 11.3 Å². The fourth-order valence-corrected chi connectivity index (χ4v) is 3.14. The molecule has 2 rings (SSSR count). The Balaban J connectivity index is 2.31. The monoisotopic (exact) mass is 343 g/mol. The standard InChI is InChI=1S/C13H14ClN3O2S2/c1-19-7-6-16-12(18)10-11(15)17(13(20)21-10)9-4-2-8(14)3-5-9/h2-5H,6-7,15H2,1H3,(H,16,18). The van der Waals surface area contributed by atoms with Gasteiger partial charge in [0.25, 0.3) is 5.91 Å². The van der Waals surface area contributed by atoms with E-state index >= 15 is 0 Å². The summed E-state index contributed by atoms with van der Waals surface area (Å²) >= 11 is 12.3. The van der Waals surface area contributed by atoms with Crippen molar-refractivity contribution in [3.05, 3.63) is 38.1 Å². The zero-order valence-electron chi connectivity index (χ0n) is 11.3. The highest BCUT2D eigenvalue weighted by Crippen LogP contribution is 2.26. The van der Waals surface area contributed by atoms with Crippen molar-refractivity contribution in [2.24, 2.45) is 0 Å². The minimum absolute atomic E-state index is 0.256. The zero-order valence-corrected chi connectivity index (χ0v) is 13.6. The SMILES string of the molecule is COCCNC(=O)c1sc(=S)n(-c2ccc(Cl)cc2)c1N. The molecule has 0 atom stereocenters. The molecule has 1 heterocycles. The van der Waals surface area contributed by atoms with Gasteiger partial charge in [0.2, 0.25) is 0 Å². The van der Waals surface area contributed by atoms with Crippen molar-refractivity contribution < 1.29 is 9.53 Å². The number of methoxy groups -OCH3 is 1. The van der Waals surface area contributed by atoms with Crippen LogP contribution in [0.1, 0.15) is 9.67 Å². The van der Waals surface area contributed by atoms with Gasteiger partial charge in [-0.2, -0.15) is 0 Å². The number of aromatic nitrogens is 1. The number of hydrogen-bond donors (Lipinski definition) is 2. The number of carbonyl (C=O) groups is 1. The molecule has 0 aliphatic rings. The number of benzene rings is 1.